The van der Waals surface area contributed by atoms with Gasteiger partial charge in [-0.15, -0.1) is 4.40 Å². The van der Waals surface area contributed by atoms with Gasteiger partial charge in [0.05, 0.1) is 16.3 Å². The molecule has 2 aliphatic heterocycles. The van der Waals surface area contributed by atoms with Gasteiger partial charge in [0, 0.05) is 19.0 Å². The van der Waals surface area contributed by atoms with Gasteiger partial charge in [0.2, 0.25) is 0 Å². The zero-order chi connectivity index (χ0) is 20.5. The van der Waals surface area contributed by atoms with Crippen molar-refractivity contribution in [3.05, 3.63) is 22.7 Å². The first-order valence-corrected chi connectivity index (χ1v) is 10.9. The van der Waals surface area contributed by atoms with E-state index in [0.29, 0.717) is 24.5 Å². The van der Waals surface area contributed by atoms with Crippen LogP contribution in [-0.4, -0.2) is 45.3 Å². The Morgan fingerprint density at radius 1 is 1.29 bits per heavy atom. The molecule has 8 nitrogen and oxygen atoms in total. The lowest BCUT2D eigenvalue weighted by atomic mass is 10.1. The van der Waals surface area contributed by atoms with Crippen LogP contribution in [0.15, 0.2) is 21.4 Å². The number of hydrogen-bond donors (Lipinski definition) is 1. The third-order valence-corrected chi connectivity index (χ3v) is 6.09. The molecule has 1 amide bonds. The minimum absolute atomic E-state index is 0.0636. The van der Waals surface area contributed by atoms with Gasteiger partial charge in [-0.1, -0.05) is 18.0 Å². The highest BCUT2D eigenvalue weighted by atomic mass is 35.5. The van der Waals surface area contributed by atoms with Crippen molar-refractivity contribution >= 4 is 45.0 Å². The molecule has 0 aliphatic carbocycles. The maximum absolute atomic E-state index is 12.6. The molecule has 1 fully saturated rings. The first kappa shape index (κ1) is 20.6. The van der Waals surface area contributed by atoms with Gasteiger partial charge in [0.25, 0.3) is 15.9 Å². The highest BCUT2D eigenvalue weighted by molar-refractivity contribution is 7.90. The molecule has 0 aromatic heterocycles. The number of sulfonamides is 1. The Balaban J connectivity index is 1.90. The van der Waals surface area contributed by atoms with E-state index in [1.54, 1.807) is 13.8 Å². The highest BCUT2D eigenvalue weighted by Crippen LogP contribution is 2.38. The van der Waals surface area contributed by atoms with Crippen molar-refractivity contribution in [3.8, 4) is 0 Å². The van der Waals surface area contributed by atoms with Crippen LogP contribution in [0.2, 0.25) is 5.02 Å². The zero-order valence-electron chi connectivity index (χ0n) is 15.7. The predicted octanol–water partition coefficient (Wildman–Crippen LogP) is 2.50. The number of amidine groups is 1. The molecule has 10 heteroatoms. The fraction of sp³-hybridized carbons (Fsp3) is 0.500. The van der Waals surface area contributed by atoms with E-state index in [1.165, 1.54) is 12.1 Å². The molecule has 1 saturated heterocycles. The summed E-state index contributed by atoms with van der Waals surface area (Å²) >= 11 is 6.26. The average Bonchev–Trinajstić information content (AvgIpc) is 2.83. The van der Waals surface area contributed by atoms with Crippen molar-refractivity contribution in [3.63, 3.8) is 0 Å². The van der Waals surface area contributed by atoms with Crippen LogP contribution < -0.4 is 10.2 Å². The number of carbonyl (C=O) groups is 2. The molecule has 1 aromatic rings. The largest absolute Gasteiger partial charge is 0.452 e. The summed E-state index contributed by atoms with van der Waals surface area (Å²) in [5.41, 5.74) is 0.306. The molecule has 0 bridgehead atoms. The van der Waals surface area contributed by atoms with Gasteiger partial charge in [-0.05, 0) is 38.8 Å². The molecule has 28 heavy (non-hydrogen) atoms. The molecule has 0 radical (unpaired) electrons. The van der Waals surface area contributed by atoms with Crippen LogP contribution in [-0.2, 0) is 19.6 Å². The molecule has 152 valence electrons. The van der Waals surface area contributed by atoms with Gasteiger partial charge in [-0.3, -0.25) is 4.79 Å². The van der Waals surface area contributed by atoms with E-state index in [-0.39, 0.29) is 21.5 Å². The molecule has 0 spiro atoms. The van der Waals surface area contributed by atoms with Crippen molar-refractivity contribution in [2.24, 2.45) is 4.40 Å². The topological polar surface area (TPSA) is 105 Å². The molecule has 0 unspecified atom stereocenters. The summed E-state index contributed by atoms with van der Waals surface area (Å²) in [4.78, 5) is 25.8. The lowest BCUT2D eigenvalue weighted by molar-refractivity contribution is -0.124. The van der Waals surface area contributed by atoms with Crippen LogP contribution in [0.3, 0.4) is 0 Å². The van der Waals surface area contributed by atoms with Crippen LogP contribution in [0, 0.1) is 0 Å². The Labute approximate surface area is 169 Å². The monoisotopic (exact) mass is 427 g/mol. The number of esters is 1. The zero-order valence-corrected chi connectivity index (χ0v) is 17.3. The summed E-state index contributed by atoms with van der Waals surface area (Å²) < 4.78 is 34.2. The van der Waals surface area contributed by atoms with Crippen LogP contribution >= 0.6 is 11.6 Å². The Hall–Kier alpha value is -2.13. The highest BCUT2D eigenvalue weighted by Gasteiger charge is 2.33. The van der Waals surface area contributed by atoms with Crippen molar-refractivity contribution in [2.45, 2.75) is 50.5 Å². The van der Waals surface area contributed by atoms with Gasteiger partial charge in [-0.2, -0.15) is 8.42 Å². The lowest BCUT2D eigenvalue weighted by Crippen LogP contribution is -2.35. The summed E-state index contributed by atoms with van der Waals surface area (Å²) in [7, 11) is -3.95. The lowest BCUT2D eigenvalue weighted by Gasteiger charge is -2.30. The van der Waals surface area contributed by atoms with Crippen molar-refractivity contribution in [2.75, 3.05) is 18.1 Å². The van der Waals surface area contributed by atoms with Gasteiger partial charge in [0.1, 0.15) is 10.7 Å². The van der Waals surface area contributed by atoms with Crippen LogP contribution in [0.25, 0.3) is 0 Å². The maximum Gasteiger partial charge on any atom is 0.340 e. The standard InChI is InChI=1S/C18H22ClN3O5S/c1-11(2)20-17(23)10-27-18(24)12-8-15-14(9-13(12)19)22-7-5-3-4-6-16(22)21-28(15,25)26/h8-9,11H,3-7,10H2,1-2H3,(H,20,23). The minimum Gasteiger partial charge on any atom is -0.452 e. The molecular weight excluding hydrogens is 406 g/mol. The number of rotatable bonds is 4. The van der Waals surface area contributed by atoms with Gasteiger partial charge >= 0.3 is 5.97 Å². The fourth-order valence-corrected chi connectivity index (χ4v) is 4.73. The molecular formula is C18H22ClN3O5S. The van der Waals surface area contributed by atoms with E-state index in [4.69, 9.17) is 16.3 Å². The van der Waals surface area contributed by atoms with Crippen molar-refractivity contribution < 1.29 is 22.7 Å². The van der Waals surface area contributed by atoms with Gasteiger partial charge in [0.15, 0.2) is 6.61 Å². The van der Waals surface area contributed by atoms with E-state index in [0.717, 1.165) is 19.3 Å². The third kappa shape index (κ3) is 4.30. The van der Waals surface area contributed by atoms with Crippen molar-refractivity contribution in [1.82, 2.24) is 5.32 Å². The smallest absolute Gasteiger partial charge is 0.340 e. The Morgan fingerprint density at radius 3 is 2.75 bits per heavy atom. The Kier molecular flexibility index (Phi) is 5.95. The number of anilines is 1. The number of benzene rings is 1. The first-order chi connectivity index (χ1) is 13.2. The number of halogens is 1. The second-order valence-electron chi connectivity index (χ2n) is 7.04. The number of nitrogens with zero attached hydrogens (tertiary/aromatic N) is 2. The number of nitrogens with one attached hydrogen (secondary N) is 1. The average molecular weight is 428 g/mol. The second kappa shape index (κ2) is 8.08. The van der Waals surface area contributed by atoms with Crippen LogP contribution in [0.4, 0.5) is 5.69 Å². The van der Waals surface area contributed by atoms with E-state index in [1.807, 2.05) is 4.90 Å². The summed E-state index contributed by atoms with van der Waals surface area (Å²) in [6.45, 7) is 3.72. The summed E-state index contributed by atoms with van der Waals surface area (Å²) in [5.74, 6) is -0.821. The van der Waals surface area contributed by atoms with E-state index >= 15 is 0 Å². The van der Waals surface area contributed by atoms with Gasteiger partial charge < -0.3 is 15.0 Å². The quantitative estimate of drug-likeness (QED) is 0.740. The number of carbonyl (C=O) groups excluding carboxylic acids is 2. The molecule has 1 aromatic carbocycles. The second-order valence-corrected chi connectivity index (χ2v) is 9.02. The molecule has 2 aliphatic rings. The van der Waals surface area contributed by atoms with E-state index in [9.17, 15) is 18.0 Å². The Morgan fingerprint density at radius 2 is 2.04 bits per heavy atom. The molecule has 3 rings (SSSR count). The number of amides is 1. The van der Waals surface area contributed by atoms with E-state index < -0.39 is 28.5 Å². The Bertz CT molecular complexity index is 943. The molecule has 1 N–H and O–H groups in total. The van der Waals surface area contributed by atoms with Crippen LogP contribution in [0.1, 0.15) is 49.9 Å². The molecule has 2 heterocycles. The minimum atomic E-state index is -3.95. The van der Waals surface area contributed by atoms with Crippen molar-refractivity contribution in [1.29, 1.82) is 0 Å². The molecule has 0 saturated carbocycles. The van der Waals surface area contributed by atoms with Gasteiger partial charge in [-0.25, -0.2) is 4.79 Å². The number of fused-ring (bicyclic) bond motifs is 3. The summed E-state index contributed by atoms with van der Waals surface area (Å²) in [6, 6.07) is 2.55. The first-order valence-electron chi connectivity index (χ1n) is 9.10. The normalized spacial score (nSPS) is 17.9. The SMILES string of the molecule is CC(C)NC(=O)COC(=O)c1cc2c(cc1Cl)N1CCCCCC1=NS2(=O)=O. The van der Waals surface area contributed by atoms with E-state index in [2.05, 4.69) is 9.71 Å². The third-order valence-electron chi connectivity index (χ3n) is 4.44. The summed E-state index contributed by atoms with van der Waals surface area (Å²) in [6.07, 6.45) is 3.34. The number of hydrogen-bond acceptors (Lipinski definition) is 6. The number of ether oxygens (including phenoxy) is 1. The van der Waals surface area contributed by atoms with Crippen LogP contribution in [0.5, 0.6) is 0 Å². The molecule has 0 atom stereocenters. The maximum atomic E-state index is 12.6. The summed E-state index contributed by atoms with van der Waals surface area (Å²) in [5, 5.41) is 2.66. The fourth-order valence-electron chi connectivity index (χ4n) is 3.23. The predicted molar refractivity (Wildman–Crippen MR) is 105 cm³/mol.